The first-order chi connectivity index (χ1) is 13.7. The van der Waals surface area contributed by atoms with Crippen molar-refractivity contribution in [3.8, 4) is 23.3 Å². The maximum Gasteiger partial charge on any atom is 0.247 e. The Morgan fingerprint density at radius 3 is 2.54 bits per heavy atom. The minimum atomic E-state index is 0.336. The number of nitriles is 1. The third kappa shape index (κ3) is 3.88. The monoisotopic (exact) mass is 372 g/mol. The Labute approximate surface area is 161 Å². The molecule has 0 saturated carbocycles. The van der Waals surface area contributed by atoms with E-state index in [2.05, 4.69) is 26.6 Å². The van der Waals surface area contributed by atoms with E-state index >= 15 is 0 Å². The smallest absolute Gasteiger partial charge is 0.247 e. The normalized spacial score (nSPS) is 10.6. The summed E-state index contributed by atoms with van der Waals surface area (Å²) in [4.78, 5) is 0. The van der Waals surface area contributed by atoms with Crippen molar-refractivity contribution in [3.63, 3.8) is 0 Å². The lowest BCUT2D eigenvalue weighted by Gasteiger charge is -2.09. The van der Waals surface area contributed by atoms with Gasteiger partial charge in [-0.25, -0.2) is 4.68 Å². The zero-order valence-electron chi connectivity index (χ0n) is 15.1. The lowest BCUT2D eigenvalue weighted by molar-refractivity contribution is 0.293. The molecule has 138 valence electrons. The fourth-order valence-corrected chi connectivity index (χ4v) is 2.65. The summed E-state index contributed by atoms with van der Waals surface area (Å²) in [5.41, 5.74) is 3.34. The van der Waals surface area contributed by atoms with Gasteiger partial charge in [0.15, 0.2) is 0 Å². The van der Waals surface area contributed by atoms with E-state index in [-0.39, 0.29) is 0 Å². The van der Waals surface area contributed by atoms with Gasteiger partial charge in [0.2, 0.25) is 11.8 Å². The molecule has 0 radical (unpaired) electrons. The van der Waals surface area contributed by atoms with E-state index in [0.717, 1.165) is 16.8 Å². The first kappa shape index (κ1) is 17.4. The molecular formula is C20H16N6O2. The van der Waals surface area contributed by atoms with Crippen LogP contribution in [0, 0.1) is 18.3 Å². The highest BCUT2D eigenvalue weighted by atomic mass is 16.5. The number of benzene rings is 2. The molecule has 0 aliphatic heterocycles. The number of hydrogen-bond donors (Lipinski definition) is 0. The quantitative estimate of drug-likeness (QED) is 0.512. The molecule has 8 heteroatoms. The fraction of sp³-hybridized carbons (Fsp3) is 0.150. The van der Waals surface area contributed by atoms with Crippen LogP contribution in [0.2, 0.25) is 0 Å². The van der Waals surface area contributed by atoms with Crippen molar-refractivity contribution < 1.29 is 9.15 Å². The molecule has 2 heterocycles. The van der Waals surface area contributed by atoms with E-state index in [9.17, 15) is 0 Å². The second-order valence-electron chi connectivity index (χ2n) is 6.13. The van der Waals surface area contributed by atoms with Crippen LogP contribution < -0.4 is 4.74 Å². The predicted molar refractivity (Wildman–Crippen MR) is 99.1 cm³/mol. The number of aromatic nitrogens is 5. The molecule has 2 aromatic carbocycles. The Morgan fingerprint density at radius 2 is 1.86 bits per heavy atom. The summed E-state index contributed by atoms with van der Waals surface area (Å²) in [5, 5.41) is 24.8. The van der Waals surface area contributed by atoms with Crippen LogP contribution in [0.15, 0.2) is 59.1 Å². The van der Waals surface area contributed by atoms with Crippen LogP contribution in [0.1, 0.15) is 22.7 Å². The van der Waals surface area contributed by atoms with Crippen LogP contribution in [0.4, 0.5) is 0 Å². The molecular weight excluding hydrogens is 356 g/mol. The van der Waals surface area contributed by atoms with Crippen LogP contribution in [0.5, 0.6) is 5.75 Å². The minimum Gasteiger partial charge on any atom is -0.487 e. The van der Waals surface area contributed by atoms with Crippen molar-refractivity contribution in [3.05, 3.63) is 77.4 Å². The second kappa shape index (κ2) is 7.72. The molecule has 0 N–H and O–H groups in total. The first-order valence-electron chi connectivity index (χ1n) is 8.61. The van der Waals surface area contributed by atoms with Crippen LogP contribution in [0.3, 0.4) is 0 Å². The summed E-state index contributed by atoms with van der Waals surface area (Å²) in [6, 6.07) is 16.9. The van der Waals surface area contributed by atoms with E-state index in [1.165, 1.54) is 0 Å². The molecule has 8 nitrogen and oxygen atoms in total. The summed E-state index contributed by atoms with van der Waals surface area (Å²) in [6.07, 6.45) is 1.68. The van der Waals surface area contributed by atoms with Crippen molar-refractivity contribution in [2.75, 3.05) is 0 Å². The molecule has 0 unspecified atom stereocenters. The molecule has 0 saturated heterocycles. The van der Waals surface area contributed by atoms with Gasteiger partial charge in [-0.1, -0.05) is 17.3 Å². The zero-order chi connectivity index (χ0) is 19.3. The highest BCUT2D eigenvalue weighted by molar-refractivity contribution is 5.53. The molecule has 4 aromatic rings. The third-order valence-electron chi connectivity index (χ3n) is 4.13. The van der Waals surface area contributed by atoms with Gasteiger partial charge in [-0.05, 0) is 42.0 Å². The second-order valence-corrected chi connectivity index (χ2v) is 6.13. The number of hydrogen-bond acceptors (Lipinski definition) is 7. The van der Waals surface area contributed by atoms with E-state index in [1.54, 1.807) is 29.9 Å². The molecule has 0 fully saturated rings. The number of aryl methyl sites for hydroxylation is 1. The van der Waals surface area contributed by atoms with Gasteiger partial charge >= 0.3 is 0 Å². The maximum atomic E-state index is 8.88. The van der Waals surface area contributed by atoms with Crippen molar-refractivity contribution in [1.29, 1.82) is 5.26 Å². The van der Waals surface area contributed by atoms with Gasteiger partial charge in [-0.3, -0.25) is 0 Å². The van der Waals surface area contributed by atoms with Gasteiger partial charge in [0.05, 0.1) is 30.1 Å². The van der Waals surface area contributed by atoms with Crippen molar-refractivity contribution in [1.82, 2.24) is 25.2 Å². The van der Waals surface area contributed by atoms with Crippen molar-refractivity contribution in [2.45, 2.75) is 20.1 Å². The molecule has 0 atom stereocenters. The number of ether oxygens (including phenoxy) is 1. The zero-order valence-corrected chi connectivity index (χ0v) is 15.1. The van der Waals surface area contributed by atoms with Gasteiger partial charge in [0, 0.05) is 12.5 Å². The Morgan fingerprint density at radius 1 is 1.07 bits per heavy atom. The summed E-state index contributed by atoms with van der Waals surface area (Å²) >= 11 is 0. The minimum absolute atomic E-state index is 0.336. The van der Waals surface area contributed by atoms with Crippen molar-refractivity contribution >= 4 is 0 Å². The Balaban J connectivity index is 1.40. The lowest BCUT2D eigenvalue weighted by Crippen LogP contribution is -2.09. The number of nitrogens with zero attached hydrogens (tertiary/aromatic N) is 6. The highest BCUT2D eigenvalue weighted by Gasteiger charge is 2.08. The Hall–Kier alpha value is -3.99. The summed E-state index contributed by atoms with van der Waals surface area (Å²) < 4.78 is 13.0. The van der Waals surface area contributed by atoms with E-state index in [1.807, 2.05) is 36.4 Å². The molecule has 0 aliphatic carbocycles. The Kier molecular flexibility index (Phi) is 4.80. The first-order valence-corrected chi connectivity index (χ1v) is 8.61. The lowest BCUT2D eigenvalue weighted by atomic mass is 10.1. The average Bonchev–Trinajstić information content (AvgIpc) is 3.36. The third-order valence-corrected chi connectivity index (χ3v) is 4.13. The maximum absolute atomic E-state index is 8.88. The molecule has 2 aromatic heterocycles. The molecule has 0 amide bonds. The van der Waals surface area contributed by atoms with Crippen molar-refractivity contribution in [2.24, 2.45) is 0 Å². The largest absolute Gasteiger partial charge is 0.487 e. The van der Waals surface area contributed by atoms with Gasteiger partial charge in [0.1, 0.15) is 12.4 Å². The summed E-state index contributed by atoms with van der Waals surface area (Å²) in [5.74, 6) is 1.72. The van der Waals surface area contributed by atoms with Gasteiger partial charge in [0.25, 0.3) is 0 Å². The molecule has 28 heavy (non-hydrogen) atoms. The molecule has 0 aliphatic rings. The van der Waals surface area contributed by atoms with Crippen LogP contribution >= 0.6 is 0 Å². The van der Waals surface area contributed by atoms with Crippen LogP contribution in [0.25, 0.3) is 11.5 Å². The topological polar surface area (TPSA) is 103 Å². The Bertz CT molecular complexity index is 1110. The average molecular weight is 372 g/mol. The SMILES string of the molecule is Cc1nnc(-c2ccc(OCc3cnnn3Cc3ccc(C#N)cc3)cc2)o1. The van der Waals surface area contributed by atoms with Crippen LogP contribution in [-0.4, -0.2) is 25.2 Å². The summed E-state index contributed by atoms with van der Waals surface area (Å²) in [6.45, 7) is 2.64. The van der Waals surface area contributed by atoms with Gasteiger partial charge < -0.3 is 9.15 Å². The van der Waals surface area contributed by atoms with Crippen LogP contribution in [-0.2, 0) is 13.2 Å². The highest BCUT2D eigenvalue weighted by Crippen LogP contribution is 2.21. The van der Waals surface area contributed by atoms with E-state index in [4.69, 9.17) is 14.4 Å². The van der Waals surface area contributed by atoms with Gasteiger partial charge in [-0.2, -0.15) is 5.26 Å². The molecule has 0 bridgehead atoms. The van der Waals surface area contributed by atoms with Gasteiger partial charge in [-0.15, -0.1) is 15.3 Å². The molecule has 0 spiro atoms. The fourth-order valence-electron chi connectivity index (χ4n) is 2.65. The predicted octanol–water partition coefficient (Wildman–Crippen LogP) is 3.14. The van der Waals surface area contributed by atoms with E-state index in [0.29, 0.717) is 36.2 Å². The van der Waals surface area contributed by atoms with E-state index < -0.39 is 0 Å². The summed E-state index contributed by atoms with van der Waals surface area (Å²) in [7, 11) is 0. The number of rotatable bonds is 6. The molecule has 4 rings (SSSR count). The standard InChI is InChI=1S/C20H16N6O2/c1-14-23-24-20(28-14)17-6-8-19(9-7-17)27-13-18-11-22-25-26(18)12-16-4-2-15(10-21)3-5-16/h2-9,11H,12-13H2,1H3.